The van der Waals surface area contributed by atoms with Gasteiger partial charge in [-0.3, -0.25) is 9.89 Å². The summed E-state index contributed by atoms with van der Waals surface area (Å²) in [6.45, 7) is 6.16. The zero-order valence-electron chi connectivity index (χ0n) is 20.0. The fraction of sp³-hybridized carbons (Fsp3) is 0.458. The number of aliphatic imine (C=N–C) groups is 1. The third-order valence-electron chi connectivity index (χ3n) is 5.62. The molecule has 1 fully saturated rings. The van der Waals surface area contributed by atoms with Gasteiger partial charge in [0.2, 0.25) is 0 Å². The first kappa shape index (κ1) is 26.8. The van der Waals surface area contributed by atoms with Crippen LogP contribution in [0.3, 0.4) is 0 Å². The summed E-state index contributed by atoms with van der Waals surface area (Å²) in [6.07, 6.45) is 1.05. The van der Waals surface area contributed by atoms with E-state index in [1.54, 1.807) is 28.4 Å². The highest BCUT2D eigenvalue weighted by atomic mass is 127. The van der Waals surface area contributed by atoms with Crippen molar-refractivity contribution >= 4 is 41.3 Å². The number of anilines is 2. The molecule has 3 rings (SSSR count). The fourth-order valence-electron chi connectivity index (χ4n) is 3.76. The molecule has 182 valence electrons. The average molecular weight is 569 g/mol. The number of methoxy groups -OCH3 is 3. The van der Waals surface area contributed by atoms with Crippen molar-refractivity contribution < 1.29 is 14.2 Å². The second kappa shape index (κ2) is 14.0. The molecule has 1 heterocycles. The minimum Gasteiger partial charge on any atom is -0.497 e. The number of hydrogen-bond donors (Lipinski definition) is 2. The van der Waals surface area contributed by atoms with E-state index >= 15 is 0 Å². The van der Waals surface area contributed by atoms with Crippen LogP contribution in [-0.2, 0) is 0 Å². The molecular weight excluding hydrogens is 533 g/mol. The number of guanidine groups is 1. The van der Waals surface area contributed by atoms with Crippen molar-refractivity contribution in [3.8, 4) is 17.2 Å². The molecule has 0 amide bonds. The van der Waals surface area contributed by atoms with Crippen LogP contribution < -0.4 is 29.7 Å². The van der Waals surface area contributed by atoms with Crippen LogP contribution in [0.25, 0.3) is 0 Å². The minimum atomic E-state index is 0. The predicted octanol–water partition coefficient (Wildman–Crippen LogP) is 3.53. The minimum absolute atomic E-state index is 0. The van der Waals surface area contributed by atoms with E-state index in [4.69, 9.17) is 14.2 Å². The molecule has 0 spiro atoms. The van der Waals surface area contributed by atoms with Crippen LogP contribution in [0.15, 0.2) is 47.5 Å². The Morgan fingerprint density at radius 1 is 0.909 bits per heavy atom. The highest BCUT2D eigenvalue weighted by Gasteiger charge is 2.17. The molecule has 33 heavy (non-hydrogen) atoms. The van der Waals surface area contributed by atoms with E-state index in [9.17, 15) is 0 Å². The van der Waals surface area contributed by atoms with E-state index in [-0.39, 0.29) is 24.0 Å². The van der Waals surface area contributed by atoms with E-state index in [1.807, 2.05) is 30.3 Å². The molecule has 9 heteroatoms. The van der Waals surface area contributed by atoms with Crippen molar-refractivity contribution in [3.63, 3.8) is 0 Å². The van der Waals surface area contributed by atoms with E-state index in [1.165, 1.54) is 5.69 Å². The Morgan fingerprint density at radius 2 is 1.61 bits per heavy atom. The lowest BCUT2D eigenvalue weighted by Crippen LogP contribution is -2.47. The Labute approximate surface area is 214 Å². The molecule has 0 saturated carbocycles. The number of halogens is 1. The first-order chi connectivity index (χ1) is 15.7. The number of piperazine rings is 1. The highest BCUT2D eigenvalue weighted by Crippen LogP contribution is 2.29. The van der Waals surface area contributed by atoms with Crippen molar-refractivity contribution in [2.45, 2.75) is 6.42 Å². The van der Waals surface area contributed by atoms with Crippen LogP contribution >= 0.6 is 24.0 Å². The summed E-state index contributed by atoms with van der Waals surface area (Å²) in [4.78, 5) is 9.27. The fourth-order valence-corrected chi connectivity index (χ4v) is 3.76. The second-order valence-corrected chi connectivity index (χ2v) is 7.57. The first-order valence-corrected chi connectivity index (χ1v) is 11.0. The largest absolute Gasteiger partial charge is 0.497 e. The molecule has 2 aromatic carbocycles. The third kappa shape index (κ3) is 7.85. The van der Waals surface area contributed by atoms with Gasteiger partial charge in [-0.15, -0.1) is 24.0 Å². The van der Waals surface area contributed by atoms with Gasteiger partial charge in [0.1, 0.15) is 5.75 Å². The molecular formula is C24H36IN5O3. The molecule has 0 aromatic heterocycles. The summed E-state index contributed by atoms with van der Waals surface area (Å²) in [7, 11) is 6.73. The summed E-state index contributed by atoms with van der Waals surface area (Å²) in [6, 6.07) is 14.0. The molecule has 1 saturated heterocycles. The molecule has 0 atom stereocenters. The molecule has 0 aliphatic carbocycles. The predicted molar refractivity (Wildman–Crippen MR) is 146 cm³/mol. The van der Waals surface area contributed by atoms with Crippen molar-refractivity contribution in [2.24, 2.45) is 4.99 Å². The van der Waals surface area contributed by atoms with E-state index in [0.29, 0.717) is 11.5 Å². The maximum absolute atomic E-state index is 5.36. The van der Waals surface area contributed by atoms with Gasteiger partial charge >= 0.3 is 0 Å². The summed E-state index contributed by atoms with van der Waals surface area (Å²) >= 11 is 0. The molecule has 0 unspecified atom stereocenters. The highest BCUT2D eigenvalue weighted by molar-refractivity contribution is 14.0. The number of hydrogen-bond acceptors (Lipinski definition) is 6. The van der Waals surface area contributed by atoms with Crippen LogP contribution in [0.5, 0.6) is 17.2 Å². The Balaban J connectivity index is 0.00000385. The maximum Gasteiger partial charge on any atom is 0.195 e. The molecule has 0 bridgehead atoms. The summed E-state index contributed by atoms with van der Waals surface area (Å²) in [5.41, 5.74) is 2.16. The molecule has 1 aliphatic heterocycles. The van der Waals surface area contributed by atoms with Gasteiger partial charge in [0.15, 0.2) is 17.5 Å². The molecule has 2 N–H and O–H groups in total. The summed E-state index contributed by atoms with van der Waals surface area (Å²) in [5.74, 6) is 3.02. The smallest absolute Gasteiger partial charge is 0.195 e. The standard InChI is InChI=1S/C24H35N5O3.HI/c1-25-24(27-19-6-11-22(31-3)23(18-19)32-4)26-12-5-13-28-14-16-29(17-15-28)20-7-9-21(30-2)10-8-20;/h6-11,18H,5,12-17H2,1-4H3,(H2,25,26,27);1H. The van der Waals surface area contributed by atoms with Crippen molar-refractivity contribution in [3.05, 3.63) is 42.5 Å². The number of ether oxygens (including phenoxy) is 3. The van der Waals surface area contributed by atoms with Crippen LogP contribution in [0, 0.1) is 0 Å². The maximum atomic E-state index is 5.36. The Kier molecular flexibility index (Phi) is 11.4. The monoisotopic (exact) mass is 569 g/mol. The molecule has 0 radical (unpaired) electrons. The zero-order chi connectivity index (χ0) is 22.8. The second-order valence-electron chi connectivity index (χ2n) is 7.57. The number of nitrogens with one attached hydrogen (secondary N) is 2. The van der Waals surface area contributed by atoms with Crippen LogP contribution in [0.2, 0.25) is 0 Å². The Bertz CT molecular complexity index is 871. The molecule has 1 aliphatic rings. The zero-order valence-corrected chi connectivity index (χ0v) is 22.3. The van der Waals surface area contributed by atoms with Gasteiger partial charge in [-0.2, -0.15) is 0 Å². The van der Waals surface area contributed by atoms with Gasteiger partial charge in [-0.1, -0.05) is 0 Å². The number of benzene rings is 2. The number of nitrogens with zero attached hydrogens (tertiary/aromatic N) is 3. The lowest BCUT2D eigenvalue weighted by atomic mass is 10.2. The lowest BCUT2D eigenvalue weighted by molar-refractivity contribution is 0.255. The number of rotatable bonds is 9. The van der Waals surface area contributed by atoms with Gasteiger partial charge in [0.05, 0.1) is 21.3 Å². The molecule has 2 aromatic rings. The van der Waals surface area contributed by atoms with E-state index in [0.717, 1.165) is 63.1 Å². The lowest BCUT2D eigenvalue weighted by Gasteiger charge is -2.36. The molecule has 8 nitrogen and oxygen atoms in total. The Morgan fingerprint density at radius 3 is 2.21 bits per heavy atom. The van der Waals surface area contributed by atoms with E-state index in [2.05, 4.69) is 37.6 Å². The van der Waals surface area contributed by atoms with Gasteiger partial charge in [0, 0.05) is 57.2 Å². The van der Waals surface area contributed by atoms with Crippen LogP contribution in [0.1, 0.15) is 6.42 Å². The normalized spacial score (nSPS) is 14.3. The van der Waals surface area contributed by atoms with Gasteiger partial charge in [-0.05, 0) is 49.4 Å². The van der Waals surface area contributed by atoms with Gasteiger partial charge in [-0.25, -0.2) is 0 Å². The third-order valence-corrected chi connectivity index (χ3v) is 5.62. The van der Waals surface area contributed by atoms with Crippen molar-refractivity contribution in [1.82, 2.24) is 10.2 Å². The van der Waals surface area contributed by atoms with Gasteiger partial charge in [0.25, 0.3) is 0 Å². The quantitative estimate of drug-likeness (QED) is 0.207. The van der Waals surface area contributed by atoms with Crippen LogP contribution in [0.4, 0.5) is 11.4 Å². The summed E-state index contributed by atoms with van der Waals surface area (Å²) < 4.78 is 15.9. The Hall–Kier alpha value is -2.40. The van der Waals surface area contributed by atoms with E-state index < -0.39 is 0 Å². The summed E-state index contributed by atoms with van der Waals surface area (Å²) in [5, 5.41) is 6.69. The van der Waals surface area contributed by atoms with Crippen molar-refractivity contribution in [2.75, 3.05) is 77.9 Å². The van der Waals surface area contributed by atoms with Gasteiger partial charge < -0.3 is 29.7 Å². The first-order valence-electron chi connectivity index (χ1n) is 11.0. The average Bonchev–Trinajstić information content (AvgIpc) is 2.86. The van der Waals surface area contributed by atoms with Crippen LogP contribution in [-0.4, -0.2) is 78.5 Å². The SMILES string of the molecule is CN=C(NCCCN1CCN(c2ccc(OC)cc2)CC1)Nc1ccc(OC)c(OC)c1.I. The van der Waals surface area contributed by atoms with Crippen molar-refractivity contribution in [1.29, 1.82) is 0 Å². The topological polar surface area (TPSA) is 70.6 Å².